The molecule has 0 amide bonds. The van der Waals surface area contributed by atoms with E-state index >= 15 is 0 Å². The van der Waals surface area contributed by atoms with E-state index < -0.39 is 0 Å². The van der Waals surface area contributed by atoms with Crippen LogP contribution in [-0.4, -0.2) is 24.0 Å². The Morgan fingerprint density at radius 2 is 1.71 bits per heavy atom. The van der Waals surface area contributed by atoms with E-state index in [0.717, 1.165) is 31.5 Å². The van der Waals surface area contributed by atoms with Gasteiger partial charge in [0.1, 0.15) is 5.82 Å². The van der Waals surface area contributed by atoms with Crippen molar-refractivity contribution in [3.05, 3.63) is 35.6 Å². The molecule has 2 nitrogen and oxygen atoms in total. The molecule has 1 heterocycles. The zero-order valence-corrected chi connectivity index (χ0v) is 9.98. The zero-order chi connectivity index (χ0) is 11.8. The first-order valence-electron chi connectivity index (χ1n) is 6.43. The lowest BCUT2D eigenvalue weighted by Crippen LogP contribution is -2.25. The molecule has 1 aliphatic heterocycles. The molecule has 2 N–H and O–H groups in total. The Morgan fingerprint density at radius 1 is 1.12 bits per heavy atom. The molecule has 3 rings (SSSR count). The van der Waals surface area contributed by atoms with E-state index in [1.807, 2.05) is 12.1 Å². The lowest BCUT2D eigenvalue weighted by atomic mass is 10.0. The Balaban J connectivity index is 1.60. The molecule has 92 valence electrons. The van der Waals surface area contributed by atoms with Crippen LogP contribution in [0.15, 0.2) is 24.3 Å². The molecule has 3 heteroatoms. The summed E-state index contributed by atoms with van der Waals surface area (Å²) >= 11 is 0. The first-order valence-corrected chi connectivity index (χ1v) is 6.43. The zero-order valence-electron chi connectivity index (χ0n) is 9.98. The van der Waals surface area contributed by atoms with E-state index in [9.17, 15) is 4.39 Å². The van der Waals surface area contributed by atoms with Crippen LogP contribution in [0.4, 0.5) is 4.39 Å². The molecule has 1 saturated heterocycles. The molecule has 1 aromatic rings. The summed E-state index contributed by atoms with van der Waals surface area (Å²) in [6.07, 6.45) is 2.37. The quantitative estimate of drug-likeness (QED) is 0.848. The van der Waals surface area contributed by atoms with Crippen LogP contribution < -0.4 is 5.73 Å². The van der Waals surface area contributed by atoms with E-state index in [1.54, 1.807) is 12.1 Å². The van der Waals surface area contributed by atoms with Gasteiger partial charge in [0.05, 0.1) is 0 Å². The number of benzene rings is 1. The van der Waals surface area contributed by atoms with Gasteiger partial charge in [0.15, 0.2) is 0 Å². The number of hydrogen-bond donors (Lipinski definition) is 1. The van der Waals surface area contributed by atoms with Gasteiger partial charge in [-0.1, -0.05) is 12.1 Å². The van der Waals surface area contributed by atoms with Crippen LogP contribution in [0.25, 0.3) is 0 Å². The molecule has 0 spiro atoms. The van der Waals surface area contributed by atoms with E-state index in [2.05, 4.69) is 4.90 Å². The number of halogens is 1. The Kier molecular flexibility index (Phi) is 2.89. The smallest absolute Gasteiger partial charge is 0.123 e. The average Bonchev–Trinajstić information content (AvgIpc) is 2.78. The van der Waals surface area contributed by atoms with Crippen molar-refractivity contribution in [1.82, 2.24) is 4.90 Å². The SMILES string of the molecule is NC1CC2CN(Cc3ccc(F)cc3)CC2C1. The molecular formula is C14H19FN2. The van der Waals surface area contributed by atoms with Gasteiger partial charge < -0.3 is 5.73 Å². The summed E-state index contributed by atoms with van der Waals surface area (Å²) in [5.41, 5.74) is 7.18. The van der Waals surface area contributed by atoms with Crippen LogP contribution in [0.3, 0.4) is 0 Å². The number of rotatable bonds is 2. The van der Waals surface area contributed by atoms with Crippen LogP contribution in [0, 0.1) is 17.7 Å². The summed E-state index contributed by atoms with van der Waals surface area (Å²) in [7, 11) is 0. The molecular weight excluding hydrogens is 215 g/mol. The van der Waals surface area contributed by atoms with Crippen molar-refractivity contribution in [3.63, 3.8) is 0 Å². The Morgan fingerprint density at radius 3 is 2.29 bits per heavy atom. The standard InChI is InChI=1S/C14H19FN2/c15-13-3-1-10(2-4-13)7-17-8-11-5-14(16)6-12(11)9-17/h1-4,11-12,14H,5-9,16H2. The maximum Gasteiger partial charge on any atom is 0.123 e. The van der Waals surface area contributed by atoms with Crippen molar-refractivity contribution in [3.8, 4) is 0 Å². The fraction of sp³-hybridized carbons (Fsp3) is 0.571. The van der Waals surface area contributed by atoms with Crippen LogP contribution in [0.1, 0.15) is 18.4 Å². The van der Waals surface area contributed by atoms with Gasteiger partial charge in [0.25, 0.3) is 0 Å². The average molecular weight is 234 g/mol. The summed E-state index contributed by atoms with van der Waals surface area (Å²) in [5, 5.41) is 0. The topological polar surface area (TPSA) is 29.3 Å². The highest BCUT2D eigenvalue weighted by Crippen LogP contribution is 2.37. The molecule has 0 radical (unpaired) electrons. The summed E-state index contributed by atoms with van der Waals surface area (Å²) < 4.78 is 12.8. The summed E-state index contributed by atoms with van der Waals surface area (Å²) in [6.45, 7) is 3.27. The highest BCUT2D eigenvalue weighted by Gasteiger charge is 2.39. The van der Waals surface area contributed by atoms with Crippen LogP contribution in [0.5, 0.6) is 0 Å². The van der Waals surface area contributed by atoms with E-state index in [4.69, 9.17) is 5.73 Å². The molecule has 1 aromatic carbocycles. The lowest BCUT2D eigenvalue weighted by Gasteiger charge is -2.17. The molecule has 2 unspecified atom stereocenters. The minimum Gasteiger partial charge on any atom is -0.328 e. The van der Waals surface area contributed by atoms with E-state index in [1.165, 1.54) is 18.4 Å². The maximum atomic E-state index is 12.8. The van der Waals surface area contributed by atoms with Gasteiger partial charge in [-0.2, -0.15) is 0 Å². The van der Waals surface area contributed by atoms with Crippen molar-refractivity contribution in [2.24, 2.45) is 17.6 Å². The van der Waals surface area contributed by atoms with Gasteiger partial charge in [-0.05, 0) is 42.4 Å². The summed E-state index contributed by atoms with van der Waals surface area (Å²) in [4.78, 5) is 2.48. The second kappa shape index (κ2) is 4.39. The van der Waals surface area contributed by atoms with Gasteiger partial charge in [-0.15, -0.1) is 0 Å². The largest absolute Gasteiger partial charge is 0.328 e. The molecule has 1 aliphatic carbocycles. The molecule has 2 atom stereocenters. The number of fused-ring (bicyclic) bond motifs is 1. The molecule has 2 fully saturated rings. The molecule has 1 saturated carbocycles. The minimum atomic E-state index is -0.155. The van der Waals surface area contributed by atoms with Crippen LogP contribution in [0.2, 0.25) is 0 Å². The molecule has 0 bridgehead atoms. The van der Waals surface area contributed by atoms with Gasteiger partial charge in [-0.25, -0.2) is 4.39 Å². The highest BCUT2D eigenvalue weighted by atomic mass is 19.1. The first-order chi connectivity index (χ1) is 8.20. The van der Waals surface area contributed by atoms with Crippen molar-refractivity contribution in [1.29, 1.82) is 0 Å². The Hall–Kier alpha value is -0.930. The second-order valence-electron chi connectivity index (χ2n) is 5.57. The van der Waals surface area contributed by atoms with Gasteiger partial charge in [-0.3, -0.25) is 4.90 Å². The van der Waals surface area contributed by atoms with Crippen LogP contribution in [-0.2, 0) is 6.54 Å². The third-order valence-corrected chi connectivity index (χ3v) is 4.18. The maximum absolute atomic E-state index is 12.8. The number of likely N-dealkylation sites (tertiary alicyclic amines) is 1. The second-order valence-corrected chi connectivity index (χ2v) is 5.57. The predicted molar refractivity (Wildman–Crippen MR) is 65.9 cm³/mol. The summed E-state index contributed by atoms with van der Waals surface area (Å²) in [5.74, 6) is 1.44. The fourth-order valence-corrected chi connectivity index (χ4v) is 3.42. The van der Waals surface area contributed by atoms with Crippen molar-refractivity contribution < 1.29 is 4.39 Å². The molecule has 17 heavy (non-hydrogen) atoms. The van der Waals surface area contributed by atoms with Crippen molar-refractivity contribution >= 4 is 0 Å². The predicted octanol–water partition coefficient (Wildman–Crippen LogP) is 1.99. The number of nitrogens with two attached hydrogens (primary N) is 1. The minimum absolute atomic E-state index is 0.155. The van der Waals surface area contributed by atoms with E-state index in [0.29, 0.717) is 6.04 Å². The third kappa shape index (κ3) is 2.35. The lowest BCUT2D eigenvalue weighted by molar-refractivity contribution is 0.299. The van der Waals surface area contributed by atoms with Gasteiger partial charge >= 0.3 is 0 Å². The highest BCUT2D eigenvalue weighted by molar-refractivity contribution is 5.16. The first kappa shape index (κ1) is 11.2. The van der Waals surface area contributed by atoms with E-state index in [-0.39, 0.29) is 5.82 Å². The molecule has 0 aromatic heterocycles. The Bertz CT molecular complexity index is 376. The number of hydrogen-bond acceptors (Lipinski definition) is 2. The third-order valence-electron chi connectivity index (χ3n) is 4.18. The fourth-order valence-electron chi connectivity index (χ4n) is 3.42. The van der Waals surface area contributed by atoms with Gasteiger partial charge in [0.2, 0.25) is 0 Å². The van der Waals surface area contributed by atoms with Crippen molar-refractivity contribution in [2.75, 3.05) is 13.1 Å². The molecule has 2 aliphatic rings. The summed E-state index contributed by atoms with van der Waals surface area (Å²) in [6, 6.07) is 7.28. The monoisotopic (exact) mass is 234 g/mol. The van der Waals surface area contributed by atoms with Crippen molar-refractivity contribution in [2.45, 2.75) is 25.4 Å². The normalized spacial score (nSPS) is 32.9. The Labute approximate surface area is 102 Å². The van der Waals surface area contributed by atoms with Gasteiger partial charge in [0, 0.05) is 25.7 Å². The number of nitrogens with zero attached hydrogens (tertiary/aromatic N) is 1. The van der Waals surface area contributed by atoms with Crippen LogP contribution >= 0.6 is 0 Å².